The molecule has 0 atom stereocenters. The molecule has 0 radical (unpaired) electrons. The molecule has 1 heterocycles. The Morgan fingerprint density at radius 2 is 1.94 bits per heavy atom. The topological polar surface area (TPSA) is 36.8 Å². The van der Waals surface area contributed by atoms with E-state index in [4.69, 9.17) is 0 Å². The molecule has 1 aliphatic heterocycles. The lowest BCUT2D eigenvalue weighted by molar-refractivity contribution is 0.813. The minimum absolute atomic E-state index is 0.806. The number of allylic oxidation sites excluding steroid dienone is 2. The lowest BCUT2D eigenvalue weighted by Crippen LogP contribution is -2.04. The molecule has 0 spiro atoms. The van der Waals surface area contributed by atoms with Crippen LogP contribution in [0.15, 0.2) is 64.8 Å². The third-order valence-corrected chi connectivity index (χ3v) is 2.95. The van der Waals surface area contributed by atoms with Crippen molar-refractivity contribution in [2.75, 3.05) is 0 Å². The fourth-order valence-corrected chi connectivity index (χ4v) is 2.09. The van der Waals surface area contributed by atoms with Crippen LogP contribution in [0.25, 0.3) is 11.1 Å². The molecule has 3 aliphatic rings. The molecule has 0 bridgehead atoms. The molecule has 1 N–H and O–H groups in total. The number of nitrogens with zero attached hydrogens (tertiary/aromatic N) is 2. The van der Waals surface area contributed by atoms with Gasteiger partial charge in [-0.05, 0) is 28.8 Å². The normalized spacial score (nSPS) is 14.1. The summed E-state index contributed by atoms with van der Waals surface area (Å²) in [6.07, 6.45) is 6.37. The van der Waals surface area contributed by atoms with Crippen LogP contribution >= 0.6 is 0 Å². The quantitative estimate of drug-likeness (QED) is 0.853. The zero-order chi connectivity index (χ0) is 12.2. The Labute approximate surface area is 106 Å². The van der Waals surface area contributed by atoms with Crippen LogP contribution in [-0.4, -0.2) is 11.9 Å². The minimum atomic E-state index is 0.806. The van der Waals surface area contributed by atoms with Crippen LogP contribution in [-0.2, 0) is 6.42 Å². The highest BCUT2D eigenvalue weighted by Gasteiger charge is 2.09. The summed E-state index contributed by atoms with van der Waals surface area (Å²) >= 11 is 0. The molecular weight excluding hydrogens is 222 g/mol. The third-order valence-electron chi connectivity index (χ3n) is 2.95. The van der Waals surface area contributed by atoms with Gasteiger partial charge in [-0.3, -0.25) is 0 Å². The van der Waals surface area contributed by atoms with E-state index in [0.717, 1.165) is 12.1 Å². The molecule has 3 nitrogen and oxygen atoms in total. The van der Waals surface area contributed by atoms with Crippen molar-refractivity contribution in [3.63, 3.8) is 0 Å². The van der Waals surface area contributed by atoms with Gasteiger partial charge in [-0.1, -0.05) is 42.5 Å². The highest BCUT2D eigenvalue weighted by molar-refractivity contribution is 6.00. The predicted octanol–water partition coefficient (Wildman–Crippen LogP) is 2.84. The van der Waals surface area contributed by atoms with Gasteiger partial charge >= 0.3 is 0 Å². The van der Waals surface area contributed by atoms with Crippen molar-refractivity contribution in [2.24, 2.45) is 10.2 Å². The van der Waals surface area contributed by atoms with E-state index in [-0.39, 0.29) is 0 Å². The fraction of sp³-hybridized carbons (Fsp3) is 0.0667. The molecular formula is C15H13N3. The summed E-state index contributed by atoms with van der Waals surface area (Å²) in [6.45, 7) is 0. The summed E-state index contributed by atoms with van der Waals surface area (Å²) < 4.78 is 0. The second-order valence-electron chi connectivity index (χ2n) is 4.16. The Balaban J connectivity index is 1.91. The van der Waals surface area contributed by atoms with E-state index < -0.39 is 0 Å². The highest BCUT2D eigenvalue weighted by atomic mass is 15.5. The van der Waals surface area contributed by atoms with Crippen LogP contribution in [0.1, 0.15) is 5.56 Å². The standard InChI is InChI=1S/C15H13N3/c1-2-5-12-8-9-13(15(12)7-3-1)11-14-6-4-10-16-18-17-14/h1-10,18H,11H2. The van der Waals surface area contributed by atoms with Gasteiger partial charge in [0.15, 0.2) is 0 Å². The Morgan fingerprint density at radius 3 is 2.94 bits per heavy atom. The first kappa shape index (κ1) is 10.7. The minimum Gasteiger partial charge on any atom is -0.198 e. The molecule has 18 heavy (non-hydrogen) atoms. The number of hydrogen-bond donors (Lipinski definition) is 1. The van der Waals surface area contributed by atoms with Gasteiger partial charge in [0.1, 0.15) is 0 Å². The number of hydrazone groups is 2. The van der Waals surface area contributed by atoms with Crippen LogP contribution in [0.3, 0.4) is 0 Å². The molecule has 0 amide bonds. The second-order valence-corrected chi connectivity index (χ2v) is 4.16. The van der Waals surface area contributed by atoms with E-state index in [1.165, 1.54) is 16.7 Å². The van der Waals surface area contributed by atoms with Crippen molar-refractivity contribution >= 4 is 11.9 Å². The van der Waals surface area contributed by atoms with Gasteiger partial charge in [0.2, 0.25) is 0 Å². The lowest BCUT2D eigenvalue weighted by Gasteiger charge is -2.02. The fourth-order valence-electron chi connectivity index (χ4n) is 2.09. The first-order valence-corrected chi connectivity index (χ1v) is 5.91. The maximum atomic E-state index is 4.20. The van der Waals surface area contributed by atoms with Crippen molar-refractivity contribution in [2.45, 2.75) is 6.42 Å². The molecule has 0 aromatic carbocycles. The Bertz CT molecular complexity index is 611. The number of hydrogen-bond acceptors (Lipinski definition) is 3. The summed E-state index contributed by atoms with van der Waals surface area (Å²) in [6, 6.07) is 14.8. The molecule has 3 heteroatoms. The van der Waals surface area contributed by atoms with Crippen molar-refractivity contribution in [3.05, 3.63) is 60.2 Å². The zero-order valence-corrected chi connectivity index (χ0v) is 9.88. The average Bonchev–Trinajstić information content (AvgIpc) is 2.63. The maximum absolute atomic E-state index is 4.20. The Hall–Kier alpha value is -2.42. The second kappa shape index (κ2) is 4.84. The van der Waals surface area contributed by atoms with Crippen LogP contribution in [0.2, 0.25) is 0 Å². The van der Waals surface area contributed by atoms with Crippen LogP contribution in [0, 0.1) is 0 Å². The molecule has 0 saturated heterocycles. The summed E-state index contributed by atoms with van der Waals surface area (Å²) in [4.78, 5) is 0. The van der Waals surface area contributed by atoms with Crippen molar-refractivity contribution < 1.29 is 0 Å². The van der Waals surface area contributed by atoms with Gasteiger partial charge in [-0.2, -0.15) is 15.7 Å². The molecule has 2 aliphatic carbocycles. The van der Waals surface area contributed by atoms with E-state index in [1.54, 1.807) is 6.21 Å². The van der Waals surface area contributed by atoms with Crippen LogP contribution in [0.4, 0.5) is 0 Å². The van der Waals surface area contributed by atoms with Crippen LogP contribution < -0.4 is 5.53 Å². The SMILES string of the molecule is C1=CC(Cc2ccc3cccccc2-3)=NNN=C1. The molecule has 0 fully saturated rings. The first-order chi connectivity index (χ1) is 8.93. The summed E-state index contributed by atoms with van der Waals surface area (Å²) in [5, 5.41) is 8.08. The van der Waals surface area contributed by atoms with E-state index in [1.807, 2.05) is 18.2 Å². The molecule has 0 aromatic heterocycles. The third kappa shape index (κ3) is 2.15. The van der Waals surface area contributed by atoms with E-state index in [0.29, 0.717) is 0 Å². The summed E-state index contributed by atoms with van der Waals surface area (Å²) in [5.74, 6) is 0. The first-order valence-electron chi connectivity index (χ1n) is 5.91. The molecule has 0 unspecified atom stereocenters. The largest absolute Gasteiger partial charge is 0.198 e. The lowest BCUT2D eigenvalue weighted by atomic mass is 10.0. The van der Waals surface area contributed by atoms with Crippen LogP contribution in [0.5, 0.6) is 0 Å². The zero-order valence-electron chi connectivity index (χ0n) is 9.88. The summed E-state index contributed by atoms with van der Waals surface area (Å²) in [7, 11) is 0. The van der Waals surface area contributed by atoms with E-state index >= 15 is 0 Å². The highest BCUT2D eigenvalue weighted by Crippen LogP contribution is 2.27. The molecule has 0 aromatic rings. The van der Waals surface area contributed by atoms with Gasteiger partial charge in [-0.15, -0.1) is 0 Å². The number of fused-ring (bicyclic) bond motifs is 1. The van der Waals surface area contributed by atoms with E-state index in [9.17, 15) is 0 Å². The smallest absolute Gasteiger partial charge is 0.0668 e. The molecule has 0 saturated carbocycles. The number of nitrogens with one attached hydrogen (secondary N) is 1. The number of rotatable bonds is 2. The van der Waals surface area contributed by atoms with Crippen molar-refractivity contribution in [1.82, 2.24) is 5.53 Å². The predicted molar refractivity (Wildman–Crippen MR) is 75.0 cm³/mol. The van der Waals surface area contributed by atoms with E-state index in [2.05, 4.69) is 52.1 Å². The Kier molecular flexibility index (Phi) is 2.88. The van der Waals surface area contributed by atoms with Gasteiger partial charge in [0, 0.05) is 12.6 Å². The van der Waals surface area contributed by atoms with Crippen molar-refractivity contribution in [3.8, 4) is 11.1 Å². The monoisotopic (exact) mass is 235 g/mol. The average molecular weight is 235 g/mol. The van der Waals surface area contributed by atoms with Gasteiger partial charge in [0.25, 0.3) is 0 Å². The van der Waals surface area contributed by atoms with Gasteiger partial charge in [0.05, 0.1) is 5.71 Å². The van der Waals surface area contributed by atoms with Crippen molar-refractivity contribution in [1.29, 1.82) is 0 Å². The van der Waals surface area contributed by atoms with Gasteiger partial charge in [-0.25, -0.2) is 0 Å². The summed E-state index contributed by atoms with van der Waals surface area (Å²) in [5.41, 5.74) is 7.46. The molecule has 88 valence electrons. The maximum Gasteiger partial charge on any atom is 0.0668 e. The van der Waals surface area contributed by atoms with Gasteiger partial charge < -0.3 is 0 Å². The molecule has 3 rings (SSSR count). The Morgan fingerprint density at radius 1 is 1.00 bits per heavy atom.